The molecule has 0 saturated carbocycles. The van der Waals surface area contributed by atoms with Gasteiger partial charge in [-0.05, 0) is 19.1 Å². The maximum absolute atomic E-state index is 12.1. The molecule has 1 amide bonds. The molecule has 2 N–H and O–H groups in total. The van der Waals surface area contributed by atoms with Gasteiger partial charge in [0.25, 0.3) is 0 Å². The molecule has 0 aliphatic heterocycles. The maximum atomic E-state index is 12.1. The predicted molar refractivity (Wildman–Crippen MR) is 73.4 cm³/mol. The van der Waals surface area contributed by atoms with Crippen LogP contribution in [0.3, 0.4) is 0 Å². The molecule has 20 heavy (non-hydrogen) atoms. The minimum atomic E-state index is -4.08. The van der Waals surface area contributed by atoms with Gasteiger partial charge in [0, 0.05) is 12.8 Å². The van der Waals surface area contributed by atoms with Crippen molar-refractivity contribution in [2.45, 2.75) is 16.7 Å². The first kappa shape index (κ1) is 16.6. The molecular formula is C11H16N2O5S2. The number of amides is 1. The molecule has 0 spiro atoms. The van der Waals surface area contributed by atoms with E-state index < -0.39 is 32.3 Å². The Morgan fingerprint density at radius 3 is 2.15 bits per heavy atom. The van der Waals surface area contributed by atoms with Crippen LogP contribution in [-0.2, 0) is 24.7 Å². The molecule has 1 aromatic carbocycles. The zero-order chi connectivity index (χ0) is 15.4. The van der Waals surface area contributed by atoms with Gasteiger partial charge in [-0.25, -0.2) is 21.6 Å². The fourth-order valence-corrected chi connectivity index (χ4v) is 4.09. The quantitative estimate of drug-likeness (QED) is 0.734. The SMILES string of the molecule is CCNC(=O)CNS(=O)(=O)c1ccccc1S(C)(=O)=O. The van der Waals surface area contributed by atoms with E-state index in [-0.39, 0.29) is 9.79 Å². The molecule has 0 saturated heterocycles. The van der Waals surface area contributed by atoms with Gasteiger partial charge in [0.05, 0.1) is 11.4 Å². The van der Waals surface area contributed by atoms with Crippen molar-refractivity contribution < 1.29 is 21.6 Å². The number of benzene rings is 1. The third kappa shape index (κ3) is 4.29. The normalized spacial score (nSPS) is 12.1. The summed E-state index contributed by atoms with van der Waals surface area (Å²) in [6, 6.07) is 5.22. The highest BCUT2D eigenvalue weighted by atomic mass is 32.2. The highest BCUT2D eigenvalue weighted by molar-refractivity contribution is 7.93. The van der Waals surface area contributed by atoms with Crippen LogP contribution in [0, 0.1) is 0 Å². The summed E-state index contributed by atoms with van der Waals surface area (Å²) in [6.07, 6.45) is 0.922. The highest BCUT2D eigenvalue weighted by Gasteiger charge is 2.23. The predicted octanol–water partition coefficient (Wildman–Crippen LogP) is -0.495. The molecule has 1 rings (SSSR count). The smallest absolute Gasteiger partial charge is 0.242 e. The largest absolute Gasteiger partial charge is 0.355 e. The Labute approximate surface area is 118 Å². The number of hydrogen-bond acceptors (Lipinski definition) is 5. The van der Waals surface area contributed by atoms with E-state index in [0.29, 0.717) is 6.54 Å². The summed E-state index contributed by atoms with van der Waals surface area (Å²) in [4.78, 5) is 10.6. The fourth-order valence-electron chi connectivity index (χ4n) is 1.48. The number of carbonyl (C=O) groups is 1. The average molecular weight is 320 g/mol. The Balaban J connectivity index is 3.08. The number of nitrogens with one attached hydrogen (secondary N) is 2. The number of hydrogen-bond donors (Lipinski definition) is 2. The first-order valence-electron chi connectivity index (χ1n) is 5.74. The van der Waals surface area contributed by atoms with Gasteiger partial charge in [-0.3, -0.25) is 4.79 Å². The van der Waals surface area contributed by atoms with Crippen molar-refractivity contribution in [3.05, 3.63) is 24.3 Å². The van der Waals surface area contributed by atoms with Gasteiger partial charge >= 0.3 is 0 Å². The van der Waals surface area contributed by atoms with E-state index in [2.05, 4.69) is 10.0 Å². The summed E-state index contributed by atoms with van der Waals surface area (Å²) < 4.78 is 49.3. The maximum Gasteiger partial charge on any atom is 0.242 e. The van der Waals surface area contributed by atoms with E-state index in [0.717, 1.165) is 6.26 Å². The standard InChI is InChI=1S/C11H16N2O5S2/c1-3-12-11(14)8-13-20(17,18)10-7-5-4-6-9(10)19(2,15)16/h4-7,13H,3,8H2,1-2H3,(H,12,14). The fraction of sp³-hybridized carbons (Fsp3) is 0.364. The molecule has 0 aliphatic carbocycles. The van der Waals surface area contributed by atoms with Crippen molar-refractivity contribution in [1.29, 1.82) is 0 Å². The van der Waals surface area contributed by atoms with E-state index in [1.165, 1.54) is 24.3 Å². The van der Waals surface area contributed by atoms with Crippen LogP contribution in [0.2, 0.25) is 0 Å². The van der Waals surface area contributed by atoms with Gasteiger partial charge in [-0.15, -0.1) is 0 Å². The lowest BCUT2D eigenvalue weighted by Gasteiger charge is -2.10. The molecule has 9 heteroatoms. The monoisotopic (exact) mass is 320 g/mol. The molecule has 7 nitrogen and oxygen atoms in total. The van der Waals surface area contributed by atoms with Crippen LogP contribution < -0.4 is 10.0 Å². The van der Waals surface area contributed by atoms with Gasteiger partial charge in [-0.2, -0.15) is 0 Å². The van der Waals surface area contributed by atoms with E-state index in [4.69, 9.17) is 0 Å². The average Bonchev–Trinajstić information content (AvgIpc) is 2.36. The van der Waals surface area contributed by atoms with Gasteiger partial charge in [0.2, 0.25) is 15.9 Å². The second-order valence-corrected chi connectivity index (χ2v) is 7.72. The molecule has 0 bridgehead atoms. The second kappa shape index (κ2) is 6.33. The molecule has 0 heterocycles. The number of carbonyl (C=O) groups excluding carboxylic acids is 1. The highest BCUT2D eigenvalue weighted by Crippen LogP contribution is 2.19. The first-order chi connectivity index (χ1) is 9.18. The van der Waals surface area contributed by atoms with Crippen molar-refractivity contribution in [3.63, 3.8) is 0 Å². The van der Waals surface area contributed by atoms with Crippen LogP contribution in [0.4, 0.5) is 0 Å². The summed E-state index contributed by atoms with van der Waals surface area (Å²) in [5.74, 6) is -0.493. The molecule has 0 unspecified atom stereocenters. The minimum absolute atomic E-state index is 0.302. The zero-order valence-corrected chi connectivity index (χ0v) is 12.7. The van der Waals surface area contributed by atoms with E-state index in [9.17, 15) is 21.6 Å². The molecular weight excluding hydrogens is 304 g/mol. The molecule has 0 atom stereocenters. The van der Waals surface area contributed by atoms with Crippen molar-refractivity contribution >= 4 is 25.8 Å². The number of sulfonamides is 1. The lowest BCUT2D eigenvalue weighted by Crippen LogP contribution is -2.37. The Bertz CT molecular complexity index is 695. The van der Waals surface area contributed by atoms with Gasteiger partial charge in [0.1, 0.15) is 4.90 Å². The van der Waals surface area contributed by atoms with Crippen molar-refractivity contribution in [2.75, 3.05) is 19.3 Å². The Hall–Kier alpha value is -1.45. The minimum Gasteiger partial charge on any atom is -0.355 e. The van der Waals surface area contributed by atoms with E-state index in [1.807, 2.05) is 0 Å². The third-order valence-corrected chi connectivity index (χ3v) is 5.08. The first-order valence-corrected chi connectivity index (χ1v) is 9.11. The second-order valence-electron chi connectivity index (χ2n) is 4.00. The lowest BCUT2D eigenvalue weighted by molar-refractivity contribution is -0.119. The summed E-state index contributed by atoms with van der Waals surface area (Å²) in [5.41, 5.74) is 0. The van der Waals surface area contributed by atoms with E-state index in [1.54, 1.807) is 6.92 Å². The van der Waals surface area contributed by atoms with Crippen LogP contribution in [0.5, 0.6) is 0 Å². The molecule has 0 radical (unpaired) electrons. The van der Waals surface area contributed by atoms with Crippen molar-refractivity contribution in [1.82, 2.24) is 10.0 Å². The van der Waals surface area contributed by atoms with Crippen molar-refractivity contribution in [2.24, 2.45) is 0 Å². The molecule has 112 valence electrons. The number of sulfone groups is 1. The van der Waals surface area contributed by atoms with Gasteiger partial charge in [-0.1, -0.05) is 12.1 Å². The Morgan fingerprint density at radius 2 is 1.65 bits per heavy atom. The van der Waals surface area contributed by atoms with E-state index >= 15 is 0 Å². The topological polar surface area (TPSA) is 109 Å². The van der Waals surface area contributed by atoms with Crippen LogP contribution in [-0.4, -0.2) is 42.1 Å². The van der Waals surface area contributed by atoms with Crippen LogP contribution in [0.1, 0.15) is 6.92 Å². The van der Waals surface area contributed by atoms with Crippen LogP contribution in [0.25, 0.3) is 0 Å². The molecule has 0 fully saturated rings. The molecule has 1 aromatic rings. The van der Waals surface area contributed by atoms with Crippen LogP contribution in [0.15, 0.2) is 34.1 Å². The third-order valence-electron chi connectivity index (χ3n) is 2.33. The van der Waals surface area contributed by atoms with Gasteiger partial charge in [0.15, 0.2) is 9.84 Å². The van der Waals surface area contributed by atoms with Crippen LogP contribution >= 0.6 is 0 Å². The zero-order valence-electron chi connectivity index (χ0n) is 11.1. The lowest BCUT2D eigenvalue weighted by atomic mass is 10.4. The summed E-state index contributed by atoms with van der Waals surface area (Å²) in [6.45, 7) is 1.63. The van der Waals surface area contributed by atoms with Crippen molar-refractivity contribution in [3.8, 4) is 0 Å². The number of likely N-dealkylation sites (N-methyl/N-ethyl adjacent to an activating group) is 1. The number of rotatable bonds is 6. The Morgan fingerprint density at radius 1 is 1.10 bits per heavy atom. The Kier molecular flexibility index (Phi) is 5.26. The summed E-state index contributed by atoms with van der Waals surface area (Å²) in [5, 5.41) is 2.43. The van der Waals surface area contributed by atoms with Gasteiger partial charge < -0.3 is 5.32 Å². The summed E-state index contributed by atoms with van der Waals surface area (Å²) >= 11 is 0. The molecule has 0 aliphatic rings. The summed E-state index contributed by atoms with van der Waals surface area (Å²) in [7, 11) is -7.76. The molecule has 0 aromatic heterocycles.